The molecular weight excluding hydrogens is 491 g/mol. The van der Waals surface area contributed by atoms with Crippen molar-refractivity contribution in [3.8, 4) is 11.5 Å². The zero-order valence-corrected chi connectivity index (χ0v) is 22.3. The molecule has 0 bridgehead atoms. The summed E-state index contributed by atoms with van der Waals surface area (Å²) in [5.41, 5.74) is 1.54. The monoisotopic (exact) mass is 524 g/mol. The zero-order valence-electron chi connectivity index (χ0n) is 21.5. The quantitative estimate of drug-likeness (QED) is 0.347. The number of thiophene rings is 1. The summed E-state index contributed by atoms with van der Waals surface area (Å²) in [6, 6.07) is 14.7. The lowest BCUT2D eigenvalue weighted by Gasteiger charge is -2.37. The number of benzene rings is 2. The summed E-state index contributed by atoms with van der Waals surface area (Å²) < 4.78 is 24.9. The zero-order chi connectivity index (χ0) is 26.4. The van der Waals surface area contributed by atoms with Crippen LogP contribution in [-0.4, -0.2) is 55.0 Å². The molecule has 37 heavy (non-hydrogen) atoms. The van der Waals surface area contributed by atoms with E-state index in [4.69, 9.17) is 9.47 Å². The van der Waals surface area contributed by atoms with E-state index in [0.717, 1.165) is 18.4 Å². The van der Waals surface area contributed by atoms with Crippen molar-refractivity contribution in [1.82, 2.24) is 9.80 Å². The highest BCUT2D eigenvalue weighted by atomic mass is 32.1. The SMILES string of the molecule is CC[C@@H](C)CN(CC(=O)N1CCc2sccc2[C@@H]1COc1cccc(F)c1)C(=O)c1cccc(OC)c1. The molecule has 2 heterocycles. The molecule has 1 aliphatic heterocycles. The van der Waals surface area contributed by atoms with Crippen LogP contribution < -0.4 is 9.47 Å². The van der Waals surface area contributed by atoms with Crippen molar-refractivity contribution in [2.75, 3.05) is 33.4 Å². The Morgan fingerprint density at radius 2 is 1.95 bits per heavy atom. The van der Waals surface area contributed by atoms with E-state index in [0.29, 0.717) is 30.2 Å². The van der Waals surface area contributed by atoms with Crippen LogP contribution in [0.15, 0.2) is 60.0 Å². The molecule has 0 radical (unpaired) electrons. The lowest BCUT2D eigenvalue weighted by Crippen LogP contribution is -2.48. The third-order valence-corrected chi connectivity index (χ3v) is 7.77. The predicted octanol–water partition coefficient (Wildman–Crippen LogP) is 5.59. The number of carbonyl (C=O) groups is 2. The second-order valence-electron chi connectivity index (χ2n) is 9.35. The summed E-state index contributed by atoms with van der Waals surface area (Å²) in [6.45, 7) is 5.33. The van der Waals surface area contributed by atoms with Gasteiger partial charge in [-0.15, -0.1) is 11.3 Å². The number of carbonyl (C=O) groups excluding carboxylic acids is 2. The van der Waals surface area contributed by atoms with E-state index in [1.807, 2.05) is 11.4 Å². The van der Waals surface area contributed by atoms with Crippen molar-refractivity contribution in [2.45, 2.75) is 32.7 Å². The second-order valence-corrected chi connectivity index (χ2v) is 10.4. The first-order chi connectivity index (χ1) is 17.9. The molecule has 0 saturated carbocycles. The van der Waals surface area contributed by atoms with Gasteiger partial charge in [0, 0.05) is 29.6 Å². The van der Waals surface area contributed by atoms with Crippen LogP contribution in [0, 0.1) is 11.7 Å². The van der Waals surface area contributed by atoms with E-state index in [2.05, 4.69) is 13.8 Å². The van der Waals surface area contributed by atoms with Crippen LogP contribution in [0.25, 0.3) is 0 Å². The molecule has 0 spiro atoms. The van der Waals surface area contributed by atoms with Gasteiger partial charge >= 0.3 is 0 Å². The predicted molar refractivity (Wildman–Crippen MR) is 143 cm³/mol. The molecule has 2 aromatic carbocycles. The summed E-state index contributed by atoms with van der Waals surface area (Å²) in [5.74, 6) is 0.538. The molecule has 4 rings (SSSR count). The molecule has 2 amide bonds. The van der Waals surface area contributed by atoms with E-state index < -0.39 is 0 Å². The number of amides is 2. The van der Waals surface area contributed by atoms with Gasteiger partial charge in [-0.25, -0.2) is 4.39 Å². The molecule has 1 aromatic heterocycles. The van der Waals surface area contributed by atoms with Crippen LogP contribution in [0.5, 0.6) is 11.5 Å². The Bertz CT molecular complexity index is 1230. The fourth-order valence-electron chi connectivity index (χ4n) is 4.52. The van der Waals surface area contributed by atoms with Crippen LogP contribution in [0.4, 0.5) is 4.39 Å². The Kier molecular flexibility index (Phi) is 8.82. The number of rotatable bonds is 10. The summed E-state index contributed by atoms with van der Waals surface area (Å²) in [4.78, 5) is 31.9. The van der Waals surface area contributed by atoms with Crippen molar-refractivity contribution in [3.05, 3.63) is 81.8 Å². The molecule has 196 valence electrons. The fraction of sp³-hybridized carbons (Fsp3) is 0.379. The minimum Gasteiger partial charge on any atom is -0.497 e. The van der Waals surface area contributed by atoms with Gasteiger partial charge in [-0.05, 0) is 59.7 Å². The van der Waals surface area contributed by atoms with Gasteiger partial charge in [0.15, 0.2) is 0 Å². The molecule has 8 heteroatoms. The van der Waals surface area contributed by atoms with Gasteiger partial charge < -0.3 is 19.3 Å². The normalized spacial score (nSPS) is 15.6. The summed E-state index contributed by atoms with van der Waals surface area (Å²) in [6.07, 6.45) is 1.65. The topological polar surface area (TPSA) is 59.1 Å². The van der Waals surface area contributed by atoms with Crippen LogP contribution in [-0.2, 0) is 11.2 Å². The summed E-state index contributed by atoms with van der Waals surface area (Å²) >= 11 is 1.67. The summed E-state index contributed by atoms with van der Waals surface area (Å²) in [7, 11) is 1.56. The Morgan fingerprint density at radius 1 is 1.16 bits per heavy atom. The third-order valence-electron chi connectivity index (χ3n) is 6.78. The number of methoxy groups -OCH3 is 1. The van der Waals surface area contributed by atoms with Crippen molar-refractivity contribution >= 4 is 23.2 Å². The maximum atomic E-state index is 13.7. The van der Waals surface area contributed by atoms with E-state index in [-0.39, 0.29) is 42.7 Å². The molecule has 0 fully saturated rings. The molecule has 0 saturated heterocycles. The first kappa shape index (κ1) is 26.7. The van der Waals surface area contributed by atoms with Gasteiger partial charge in [0.25, 0.3) is 5.91 Å². The largest absolute Gasteiger partial charge is 0.497 e. The van der Waals surface area contributed by atoms with Gasteiger partial charge in [0.2, 0.25) is 5.91 Å². The standard InChI is InChI=1S/C29H33FN2O4S/c1-4-20(2)17-31(29(34)21-7-5-9-23(15-21)35-3)18-28(33)32-13-11-27-25(12-14-37-27)26(32)19-36-24-10-6-8-22(30)16-24/h5-10,12,14-16,20,26H,4,11,13,17-19H2,1-3H3/t20-,26+/m1/s1. The summed E-state index contributed by atoms with van der Waals surface area (Å²) in [5, 5.41) is 2.02. The molecule has 0 N–H and O–H groups in total. The molecule has 1 aliphatic rings. The highest BCUT2D eigenvalue weighted by Crippen LogP contribution is 2.34. The third kappa shape index (κ3) is 6.49. The highest BCUT2D eigenvalue weighted by molar-refractivity contribution is 7.10. The molecular formula is C29H33FN2O4S. The van der Waals surface area contributed by atoms with Crippen LogP contribution in [0.1, 0.15) is 47.1 Å². The van der Waals surface area contributed by atoms with E-state index >= 15 is 0 Å². The second kappa shape index (κ2) is 12.2. The number of hydrogen-bond donors (Lipinski definition) is 0. The maximum absolute atomic E-state index is 13.7. The molecule has 2 atom stereocenters. The molecule has 0 unspecified atom stereocenters. The molecule has 3 aromatic rings. The maximum Gasteiger partial charge on any atom is 0.254 e. The van der Waals surface area contributed by atoms with Gasteiger partial charge in [0.1, 0.15) is 30.5 Å². The van der Waals surface area contributed by atoms with E-state index in [1.165, 1.54) is 17.0 Å². The fourth-order valence-corrected chi connectivity index (χ4v) is 5.45. The van der Waals surface area contributed by atoms with Gasteiger partial charge in [-0.2, -0.15) is 0 Å². The highest BCUT2D eigenvalue weighted by Gasteiger charge is 2.34. The number of ether oxygens (including phenoxy) is 2. The molecule has 0 aliphatic carbocycles. The Labute approximate surface area is 221 Å². The first-order valence-corrected chi connectivity index (χ1v) is 13.4. The van der Waals surface area contributed by atoms with Crippen LogP contribution in [0.2, 0.25) is 0 Å². The van der Waals surface area contributed by atoms with Crippen molar-refractivity contribution < 1.29 is 23.5 Å². The van der Waals surface area contributed by atoms with Crippen LogP contribution in [0.3, 0.4) is 0 Å². The lowest BCUT2D eigenvalue weighted by molar-refractivity contribution is -0.135. The number of halogens is 1. The minimum absolute atomic E-state index is 0.0314. The average molecular weight is 525 g/mol. The van der Waals surface area contributed by atoms with E-state index in [9.17, 15) is 14.0 Å². The van der Waals surface area contributed by atoms with E-state index in [1.54, 1.807) is 64.6 Å². The Balaban J connectivity index is 1.55. The Morgan fingerprint density at radius 3 is 2.70 bits per heavy atom. The van der Waals surface area contributed by atoms with Crippen molar-refractivity contribution in [2.24, 2.45) is 5.92 Å². The molecule has 6 nitrogen and oxygen atoms in total. The average Bonchev–Trinajstić information content (AvgIpc) is 3.40. The van der Waals surface area contributed by atoms with Gasteiger partial charge in [0.05, 0.1) is 13.2 Å². The number of hydrogen-bond acceptors (Lipinski definition) is 5. The lowest BCUT2D eigenvalue weighted by atomic mass is 10.00. The first-order valence-electron chi connectivity index (χ1n) is 12.6. The van der Waals surface area contributed by atoms with Gasteiger partial charge in [-0.3, -0.25) is 9.59 Å². The smallest absolute Gasteiger partial charge is 0.254 e. The number of nitrogens with zero attached hydrogens (tertiary/aromatic N) is 2. The minimum atomic E-state index is -0.373. The van der Waals surface area contributed by atoms with Gasteiger partial charge in [-0.1, -0.05) is 32.4 Å². The van der Waals surface area contributed by atoms with Crippen molar-refractivity contribution in [1.29, 1.82) is 0 Å². The number of fused-ring (bicyclic) bond motifs is 1. The Hall–Kier alpha value is -3.39. The van der Waals surface area contributed by atoms with Crippen molar-refractivity contribution in [3.63, 3.8) is 0 Å². The van der Waals surface area contributed by atoms with Crippen LogP contribution >= 0.6 is 11.3 Å².